The van der Waals surface area contributed by atoms with Gasteiger partial charge in [0.15, 0.2) is 5.78 Å². The normalized spacial score (nSPS) is 26.2. The van der Waals surface area contributed by atoms with E-state index in [2.05, 4.69) is 5.32 Å². The summed E-state index contributed by atoms with van der Waals surface area (Å²) in [7, 11) is 0. The summed E-state index contributed by atoms with van der Waals surface area (Å²) in [5.74, 6) is 0.193. The Morgan fingerprint density at radius 3 is 2.79 bits per heavy atom. The molecule has 1 aliphatic heterocycles. The van der Waals surface area contributed by atoms with E-state index in [1.807, 2.05) is 20.8 Å². The van der Waals surface area contributed by atoms with E-state index < -0.39 is 0 Å². The van der Waals surface area contributed by atoms with Gasteiger partial charge in [-0.3, -0.25) is 4.79 Å². The van der Waals surface area contributed by atoms with Crippen LogP contribution in [0.3, 0.4) is 0 Å². The highest BCUT2D eigenvalue weighted by atomic mass is 16.5. The van der Waals surface area contributed by atoms with E-state index in [-0.39, 0.29) is 17.7 Å². The minimum Gasteiger partial charge on any atom is -0.379 e. The SMILES string of the molecule is CCNC1COCC1C(=O)C=C(C)C. The average Bonchev–Trinajstić information content (AvgIpc) is 2.51. The molecule has 1 saturated heterocycles. The first-order valence-electron chi connectivity index (χ1n) is 5.15. The molecule has 2 unspecified atom stereocenters. The van der Waals surface area contributed by atoms with Crippen molar-refractivity contribution in [2.75, 3.05) is 19.8 Å². The maximum Gasteiger partial charge on any atom is 0.162 e. The number of rotatable bonds is 4. The summed E-state index contributed by atoms with van der Waals surface area (Å²) in [5, 5.41) is 3.27. The molecule has 80 valence electrons. The van der Waals surface area contributed by atoms with Crippen LogP contribution in [0.1, 0.15) is 20.8 Å². The maximum atomic E-state index is 11.7. The summed E-state index contributed by atoms with van der Waals surface area (Å²) in [5.41, 5.74) is 1.05. The first-order valence-corrected chi connectivity index (χ1v) is 5.15. The fraction of sp³-hybridized carbons (Fsp3) is 0.727. The molecule has 0 saturated carbocycles. The maximum absolute atomic E-state index is 11.7. The van der Waals surface area contributed by atoms with Crippen LogP contribution in [-0.2, 0) is 9.53 Å². The second-order valence-corrected chi connectivity index (χ2v) is 3.93. The third-order valence-corrected chi connectivity index (χ3v) is 2.34. The first-order chi connectivity index (χ1) is 6.65. The molecular formula is C11H19NO2. The van der Waals surface area contributed by atoms with Gasteiger partial charge in [0.1, 0.15) is 0 Å². The number of hydrogen-bond donors (Lipinski definition) is 1. The van der Waals surface area contributed by atoms with Crippen molar-refractivity contribution >= 4 is 5.78 Å². The molecule has 1 heterocycles. The lowest BCUT2D eigenvalue weighted by Gasteiger charge is -2.15. The van der Waals surface area contributed by atoms with Gasteiger partial charge in [0.05, 0.1) is 19.1 Å². The lowest BCUT2D eigenvalue weighted by Crippen LogP contribution is -2.38. The number of ketones is 1. The molecule has 3 heteroatoms. The van der Waals surface area contributed by atoms with Crippen LogP contribution < -0.4 is 5.32 Å². The molecule has 1 aliphatic rings. The van der Waals surface area contributed by atoms with Crippen molar-refractivity contribution in [1.82, 2.24) is 5.32 Å². The van der Waals surface area contributed by atoms with Gasteiger partial charge in [-0.25, -0.2) is 0 Å². The molecule has 0 aromatic carbocycles. The summed E-state index contributed by atoms with van der Waals surface area (Å²) in [6.07, 6.45) is 1.71. The van der Waals surface area contributed by atoms with Gasteiger partial charge in [0.25, 0.3) is 0 Å². The van der Waals surface area contributed by atoms with Gasteiger partial charge in [-0.15, -0.1) is 0 Å². The molecule has 0 bridgehead atoms. The van der Waals surface area contributed by atoms with Crippen LogP contribution in [0.2, 0.25) is 0 Å². The Kier molecular flexibility index (Phi) is 4.29. The van der Waals surface area contributed by atoms with Crippen molar-refractivity contribution in [3.63, 3.8) is 0 Å². The highest BCUT2D eigenvalue weighted by molar-refractivity contribution is 5.93. The zero-order chi connectivity index (χ0) is 10.6. The summed E-state index contributed by atoms with van der Waals surface area (Å²) < 4.78 is 5.31. The third-order valence-electron chi connectivity index (χ3n) is 2.34. The number of carbonyl (C=O) groups is 1. The van der Waals surface area contributed by atoms with Crippen LogP contribution in [0, 0.1) is 5.92 Å². The molecule has 14 heavy (non-hydrogen) atoms. The smallest absolute Gasteiger partial charge is 0.162 e. The third kappa shape index (κ3) is 2.93. The average molecular weight is 197 g/mol. The number of ether oxygens (including phenoxy) is 1. The van der Waals surface area contributed by atoms with E-state index in [1.54, 1.807) is 6.08 Å². The van der Waals surface area contributed by atoms with Crippen molar-refractivity contribution in [3.05, 3.63) is 11.6 Å². The Hall–Kier alpha value is -0.670. The highest BCUT2D eigenvalue weighted by Gasteiger charge is 2.31. The van der Waals surface area contributed by atoms with Crippen LogP contribution in [0.4, 0.5) is 0 Å². The summed E-state index contributed by atoms with van der Waals surface area (Å²) in [6, 6.07) is 0.197. The molecule has 0 spiro atoms. The van der Waals surface area contributed by atoms with E-state index in [0.717, 1.165) is 12.1 Å². The second-order valence-electron chi connectivity index (χ2n) is 3.93. The van der Waals surface area contributed by atoms with E-state index in [4.69, 9.17) is 4.74 Å². The fourth-order valence-corrected chi connectivity index (χ4v) is 1.69. The number of carbonyl (C=O) groups excluding carboxylic acids is 1. The van der Waals surface area contributed by atoms with Crippen LogP contribution in [-0.4, -0.2) is 31.6 Å². The number of nitrogens with one attached hydrogen (secondary N) is 1. The van der Waals surface area contributed by atoms with Crippen molar-refractivity contribution < 1.29 is 9.53 Å². The predicted octanol–water partition coefficient (Wildman–Crippen LogP) is 1.15. The van der Waals surface area contributed by atoms with Gasteiger partial charge in [-0.1, -0.05) is 12.5 Å². The second kappa shape index (κ2) is 5.27. The molecule has 2 atom stereocenters. The van der Waals surface area contributed by atoms with Gasteiger partial charge in [-0.05, 0) is 26.5 Å². The lowest BCUT2D eigenvalue weighted by molar-refractivity contribution is -0.118. The zero-order valence-electron chi connectivity index (χ0n) is 9.17. The molecule has 0 amide bonds. The van der Waals surface area contributed by atoms with Gasteiger partial charge in [0, 0.05) is 6.04 Å². The molecule has 0 aromatic rings. The number of allylic oxidation sites excluding steroid dienone is 2. The van der Waals surface area contributed by atoms with Crippen LogP contribution in [0.15, 0.2) is 11.6 Å². The van der Waals surface area contributed by atoms with Gasteiger partial charge >= 0.3 is 0 Å². The van der Waals surface area contributed by atoms with Gasteiger partial charge in [0.2, 0.25) is 0 Å². The van der Waals surface area contributed by atoms with Crippen molar-refractivity contribution in [2.45, 2.75) is 26.8 Å². The topological polar surface area (TPSA) is 38.3 Å². The minimum absolute atomic E-state index is 0.00449. The molecule has 1 N–H and O–H groups in total. The lowest BCUT2D eigenvalue weighted by atomic mass is 9.97. The predicted molar refractivity (Wildman–Crippen MR) is 56.2 cm³/mol. The molecular weight excluding hydrogens is 178 g/mol. The summed E-state index contributed by atoms with van der Waals surface area (Å²) >= 11 is 0. The van der Waals surface area contributed by atoms with Crippen molar-refractivity contribution in [2.24, 2.45) is 5.92 Å². The van der Waals surface area contributed by atoms with Crippen LogP contribution >= 0.6 is 0 Å². The quantitative estimate of drug-likeness (QED) is 0.687. The molecule has 3 nitrogen and oxygen atoms in total. The van der Waals surface area contributed by atoms with Crippen LogP contribution in [0.25, 0.3) is 0 Å². The Morgan fingerprint density at radius 1 is 1.50 bits per heavy atom. The van der Waals surface area contributed by atoms with E-state index >= 15 is 0 Å². The Bertz CT molecular complexity index is 231. The molecule has 0 aromatic heterocycles. The Morgan fingerprint density at radius 2 is 2.21 bits per heavy atom. The summed E-state index contributed by atoms with van der Waals surface area (Å²) in [6.45, 7) is 8.01. The van der Waals surface area contributed by atoms with E-state index in [0.29, 0.717) is 13.2 Å². The molecule has 1 rings (SSSR count). The monoisotopic (exact) mass is 197 g/mol. The van der Waals surface area contributed by atoms with Crippen molar-refractivity contribution in [3.8, 4) is 0 Å². The Balaban J connectivity index is 2.57. The zero-order valence-corrected chi connectivity index (χ0v) is 9.17. The minimum atomic E-state index is 0.00449. The van der Waals surface area contributed by atoms with Crippen molar-refractivity contribution in [1.29, 1.82) is 0 Å². The standard InChI is InChI=1S/C11H19NO2/c1-4-12-10-7-14-6-9(10)11(13)5-8(2)3/h5,9-10,12H,4,6-7H2,1-3H3. The molecule has 0 radical (unpaired) electrons. The molecule has 1 fully saturated rings. The number of hydrogen-bond acceptors (Lipinski definition) is 3. The summed E-state index contributed by atoms with van der Waals surface area (Å²) in [4.78, 5) is 11.7. The highest BCUT2D eigenvalue weighted by Crippen LogP contribution is 2.15. The Labute approximate surface area is 85.5 Å². The van der Waals surface area contributed by atoms with Crippen LogP contribution in [0.5, 0.6) is 0 Å². The first kappa shape index (κ1) is 11.4. The van der Waals surface area contributed by atoms with E-state index in [1.165, 1.54) is 0 Å². The van der Waals surface area contributed by atoms with Gasteiger partial charge < -0.3 is 10.1 Å². The fourth-order valence-electron chi connectivity index (χ4n) is 1.69. The number of likely N-dealkylation sites (N-methyl/N-ethyl adjacent to an activating group) is 1. The van der Waals surface area contributed by atoms with Gasteiger partial charge in [-0.2, -0.15) is 0 Å². The largest absolute Gasteiger partial charge is 0.379 e. The van der Waals surface area contributed by atoms with E-state index in [9.17, 15) is 4.79 Å². The molecule has 0 aliphatic carbocycles.